The highest BCUT2D eigenvalue weighted by molar-refractivity contribution is 5.99. The van der Waals surface area contributed by atoms with Crippen molar-refractivity contribution in [2.45, 2.75) is 53.1 Å². The van der Waals surface area contributed by atoms with Gasteiger partial charge in [0.2, 0.25) is 5.76 Å². The second kappa shape index (κ2) is 10.7. The van der Waals surface area contributed by atoms with Gasteiger partial charge in [-0.15, -0.1) is 0 Å². The zero-order chi connectivity index (χ0) is 26.8. The van der Waals surface area contributed by atoms with Gasteiger partial charge in [-0.1, -0.05) is 60.9 Å². The van der Waals surface area contributed by atoms with Gasteiger partial charge < -0.3 is 18.8 Å². The van der Waals surface area contributed by atoms with Crippen LogP contribution < -0.4 is 14.9 Å². The van der Waals surface area contributed by atoms with E-state index in [1.807, 2.05) is 75.4 Å². The highest BCUT2D eigenvalue weighted by Gasteiger charge is 2.43. The summed E-state index contributed by atoms with van der Waals surface area (Å²) in [6.07, 6.45) is 1.97. The predicted molar refractivity (Wildman–Crippen MR) is 148 cm³/mol. The third-order valence-corrected chi connectivity index (χ3v) is 6.93. The van der Waals surface area contributed by atoms with E-state index in [2.05, 4.69) is 6.92 Å². The lowest BCUT2D eigenvalue weighted by Gasteiger charge is -2.26. The van der Waals surface area contributed by atoms with Crippen LogP contribution in [0.3, 0.4) is 0 Å². The molecule has 6 heteroatoms. The minimum absolute atomic E-state index is 0.102. The molecule has 0 bridgehead atoms. The number of carbonyl (C=O) groups excluding carboxylic acids is 1. The Morgan fingerprint density at radius 1 is 0.868 bits per heavy atom. The molecule has 0 N–H and O–H groups in total. The monoisotopic (exact) mass is 511 g/mol. The maximum absolute atomic E-state index is 13.9. The molecule has 1 aliphatic heterocycles. The molecule has 0 saturated carbocycles. The molecule has 6 nitrogen and oxygen atoms in total. The normalized spacial score (nSPS) is 14.7. The van der Waals surface area contributed by atoms with E-state index >= 15 is 0 Å². The molecule has 5 rings (SSSR count). The fraction of sp³-hybridized carbons (Fsp3) is 0.312. The molecule has 0 radical (unpaired) electrons. The SMILES string of the molecule is CCCCOc1ccc(C2c3c(oc4ccc(C)cc4c3=O)C(=O)N2Cc2ccc(C)cc2)cc1OCC. The van der Waals surface area contributed by atoms with Crippen LogP contribution in [0.25, 0.3) is 11.0 Å². The molecule has 196 valence electrons. The Morgan fingerprint density at radius 2 is 1.63 bits per heavy atom. The molecule has 1 atom stereocenters. The van der Waals surface area contributed by atoms with Crippen LogP contribution >= 0.6 is 0 Å². The lowest BCUT2D eigenvalue weighted by atomic mass is 9.97. The molecule has 0 aliphatic carbocycles. The molecule has 0 spiro atoms. The third kappa shape index (κ3) is 4.78. The van der Waals surface area contributed by atoms with Gasteiger partial charge in [0.05, 0.1) is 30.2 Å². The van der Waals surface area contributed by atoms with Crippen LogP contribution in [0.2, 0.25) is 0 Å². The summed E-state index contributed by atoms with van der Waals surface area (Å²) in [7, 11) is 0. The predicted octanol–water partition coefficient (Wildman–Crippen LogP) is 6.73. The maximum Gasteiger partial charge on any atom is 0.291 e. The Kier molecular flexibility index (Phi) is 7.23. The number of aryl methyl sites for hydroxylation is 2. The van der Waals surface area contributed by atoms with Crippen molar-refractivity contribution >= 4 is 16.9 Å². The highest BCUT2D eigenvalue weighted by atomic mass is 16.5. The second-order valence-electron chi connectivity index (χ2n) is 9.84. The van der Waals surface area contributed by atoms with Gasteiger partial charge in [-0.2, -0.15) is 0 Å². The number of rotatable bonds is 9. The van der Waals surface area contributed by atoms with Gasteiger partial charge in [0.15, 0.2) is 16.9 Å². The van der Waals surface area contributed by atoms with Crippen molar-refractivity contribution in [3.63, 3.8) is 0 Å². The van der Waals surface area contributed by atoms with Gasteiger partial charge in [0.1, 0.15) is 5.58 Å². The average Bonchev–Trinajstić information content (AvgIpc) is 3.18. The van der Waals surface area contributed by atoms with Crippen LogP contribution in [0, 0.1) is 13.8 Å². The number of carbonyl (C=O) groups is 1. The first-order valence-corrected chi connectivity index (χ1v) is 13.2. The van der Waals surface area contributed by atoms with Crippen molar-refractivity contribution in [2.24, 2.45) is 0 Å². The van der Waals surface area contributed by atoms with Gasteiger partial charge in [-0.05, 0) is 62.6 Å². The topological polar surface area (TPSA) is 69.0 Å². The first-order chi connectivity index (χ1) is 18.4. The molecule has 1 aliphatic rings. The quantitative estimate of drug-likeness (QED) is 0.233. The molecular formula is C32H33NO5. The lowest BCUT2D eigenvalue weighted by Crippen LogP contribution is -2.29. The summed E-state index contributed by atoms with van der Waals surface area (Å²) in [4.78, 5) is 29.4. The van der Waals surface area contributed by atoms with Crippen molar-refractivity contribution in [1.82, 2.24) is 4.90 Å². The van der Waals surface area contributed by atoms with Crippen molar-refractivity contribution in [3.8, 4) is 11.5 Å². The number of hydrogen-bond donors (Lipinski definition) is 0. The van der Waals surface area contributed by atoms with Gasteiger partial charge in [-0.3, -0.25) is 9.59 Å². The zero-order valence-electron chi connectivity index (χ0n) is 22.4. The van der Waals surface area contributed by atoms with Crippen LogP contribution in [0.15, 0.2) is 69.9 Å². The summed E-state index contributed by atoms with van der Waals surface area (Å²) in [5, 5.41) is 0.475. The summed E-state index contributed by atoms with van der Waals surface area (Å²) < 4.78 is 18.0. The van der Waals surface area contributed by atoms with E-state index in [0.717, 1.165) is 35.1 Å². The fourth-order valence-electron chi connectivity index (χ4n) is 4.94. The zero-order valence-corrected chi connectivity index (χ0v) is 22.4. The van der Waals surface area contributed by atoms with Crippen LogP contribution in [0.4, 0.5) is 0 Å². The van der Waals surface area contributed by atoms with E-state index in [0.29, 0.717) is 47.8 Å². The summed E-state index contributed by atoms with van der Waals surface area (Å²) >= 11 is 0. The van der Waals surface area contributed by atoms with E-state index in [1.165, 1.54) is 0 Å². The van der Waals surface area contributed by atoms with E-state index in [1.54, 1.807) is 11.0 Å². The minimum Gasteiger partial charge on any atom is -0.490 e. The van der Waals surface area contributed by atoms with Crippen LogP contribution in [0.1, 0.15) is 71.1 Å². The number of hydrogen-bond acceptors (Lipinski definition) is 5. The van der Waals surface area contributed by atoms with Gasteiger partial charge in [0.25, 0.3) is 5.91 Å². The molecule has 0 fully saturated rings. The van der Waals surface area contributed by atoms with Gasteiger partial charge in [-0.25, -0.2) is 0 Å². The molecule has 4 aromatic rings. The molecule has 2 heterocycles. The Morgan fingerprint density at radius 3 is 2.37 bits per heavy atom. The van der Waals surface area contributed by atoms with Crippen LogP contribution in [0.5, 0.6) is 11.5 Å². The van der Waals surface area contributed by atoms with E-state index in [9.17, 15) is 9.59 Å². The first-order valence-electron chi connectivity index (χ1n) is 13.2. The largest absolute Gasteiger partial charge is 0.490 e. The average molecular weight is 512 g/mol. The summed E-state index contributed by atoms with van der Waals surface area (Å²) in [5.41, 5.74) is 4.43. The van der Waals surface area contributed by atoms with Gasteiger partial charge >= 0.3 is 0 Å². The number of ether oxygens (including phenoxy) is 2. The van der Waals surface area contributed by atoms with Crippen LogP contribution in [-0.4, -0.2) is 24.0 Å². The van der Waals surface area contributed by atoms with Crippen LogP contribution in [-0.2, 0) is 6.54 Å². The molecular weight excluding hydrogens is 478 g/mol. The number of nitrogens with zero attached hydrogens (tertiary/aromatic N) is 1. The number of amides is 1. The van der Waals surface area contributed by atoms with E-state index in [-0.39, 0.29) is 17.1 Å². The fourth-order valence-corrected chi connectivity index (χ4v) is 4.94. The summed E-state index contributed by atoms with van der Waals surface area (Å²) in [5.74, 6) is 1.05. The standard InChI is InChI=1S/C32H33NO5/c1-5-7-16-37-26-15-13-23(18-27(26)36-6-2)29-28-30(34)24-17-21(4)10-14-25(24)38-31(28)32(35)33(29)19-22-11-8-20(3)9-12-22/h8-15,17-18,29H,5-7,16,19H2,1-4H3. The van der Waals surface area contributed by atoms with Gasteiger partial charge in [0, 0.05) is 6.54 Å². The van der Waals surface area contributed by atoms with E-state index < -0.39 is 6.04 Å². The number of fused-ring (bicyclic) bond motifs is 2. The summed E-state index contributed by atoms with van der Waals surface area (Å²) in [6.45, 7) is 9.39. The van der Waals surface area contributed by atoms with Crippen molar-refractivity contribution in [1.29, 1.82) is 0 Å². The lowest BCUT2D eigenvalue weighted by molar-refractivity contribution is 0.0714. The van der Waals surface area contributed by atoms with Crippen molar-refractivity contribution in [3.05, 3.63) is 104 Å². The maximum atomic E-state index is 13.9. The second-order valence-corrected chi connectivity index (χ2v) is 9.84. The Labute approximate surface area is 222 Å². The molecule has 38 heavy (non-hydrogen) atoms. The number of benzene rings is 3. The molecule has 0 saturated heterocycles. The Balaban J connectivity index is 1.66. The third-order valence-electron chi connectivity index (χ3n) is 6.93. The van der Waals surface area contributed by atoms with Crippen molar-refractivity contribution in [2.75, 3.05) is 13.2 Å². The molecule has 3 aromatic carbocycles. The minimum atomic E-state index is -0.621. The smallest absolute Gasteiger partial charge is 0.291 e. The first kappa shape index (κ1) is 25.6. The Bertz CT molecular complexity index is 1540. The summed E-state index contributed by atoms with van der Waals surface area (Å²) in [6, 6.07) is 18.6. The molecule has 1 unspecified atom stereocenters. The van der Waals surface area contributed by atoms with E-state index in [4.69, 9.17) is 13.9 Å². The highest BCUT2D eigenvalue weighted by Crippen LogP contribution is 2.42. The van der Waals surface area contributed by atoms with Crippen molar-refractivity contribution < 1.29 is 18.7 Å². The molecule has 1 aromatic heterocycles. The molecule has 1 amide bonds. The Hall–Kier alpha value is -4.06. The number of unbranched alkanes of at least 4 members (excludes halogenated alkanes) is 1.